The number of amides is 1. The molecule has 150 valence electrons. The van der Waals surface area contributed by atoms with E-state index in [1.165, 1.54) is 4.70 Å². The minimum absolute atomic E-state index is 0.00532. The molecule has 4 aromatic rings. The molecule has 0 radical (unpaired) electrons. The van der Waals surface area contributed by atoms with Crippen LogP contribution in [-0.2, 0) is 6.54 Å². The van der Waals surface area contributed by atoms with Gasteiger partial charge in [-0.3, -0.25) is 14.1 Å². The zero-order chi connectivity index (χ0) is 20.5. The van der Waals surface area contributed by atoms with Crippen molar-refractivity contribution in [1.29, 1.82) is 5.26 Å². The lowest BCUT2D eigenvalue weighted by molar-refractivity contribution is 0.0756. The van der Waals surface area contributed by atoms with Crippen LogP contribution in [-0.4, -0.2) is 51.3 Å². The van der Waals surface area contributed by atoms with Crippen LogP contribution in [0.4, 0.5) is 0 Å². The topological polar surface area (TPSA) is 64.6 Å². The molecule has 7 heteroatoms. The Morgan fingerprint density at radius 3 is 2.80 bits per heavy atom. The minimum Gasteiger partial charge on any atom is -0.336 e. The van der Waals surface area contributed by atoms with Gasteiger partial charge < -0.3 is 4.90 Å². The number of hydrogen-bond acceptors (Lipinski definition) is 5. The minimum atomic E-state index is -0.00532. The van der Waals surface area contributed by atoms with E-state index in [0.717, 1.165) is 54.2 Å². The highest BCUT2D eigenvalue weighted by molar-refractivity contribution is 7.23. The summed E-state index contributed by atoms with van der Waals surface area (Å²) in [6, 6.07) is 18.1. The Bertz CT molecular complexity index is 1270. The van der Waals surface area contributed by atoms with Gasteiger partial charge in [-0.15, -0.1) is 0 Å². The molecule has 5 rings (SSSR count). The number of hydrogen-bond donors (Lipinski definition) is 0. The molecule has 6 nitrogen and oxygen atoms in total. The highest BCUT2D eigenvalue weighted by Gasteiger charge is 2.23. The van der Waals surface area contributed by atoms with Crippen molar-refractivity contribution in [3.05, 3.63) is 71.5 Å². The number of nitriles is 1. The fraction of sp³-hybridized carbons (Fsp3) is 0.261. The molecule has 1 fully saturated rings. The van der Waals surface area contributed by atoms with E-state index in [1.807, 2.05) is 51.9 Å². The van der Waals surface area contributed by atoms with E-state index in [0.29, 0.717) is 12.2 Å². The van der Waals surface area contributed by atoms with Crippen molar-refractivity contribution in [3.8, 4) is 6.07 Å². The fourth-order valence-corrected chi connectivity index (χ4v) is 5.06. The van der Waals surface area contributed by atoms with Gasteiger partial charge in [-0.1, -0.05) is 41.7 Å². The van der Waals surface area contributed by atoms with Crippen LogP contribution >= 0.6 is 11.3 Å². The third-order valence-electron chi connectivity index (χ3n) is 5.63. The third-order valence-corrected chi connectivity index (χ3v) is 6.66. The number of nitrogens with zero attached hydrogens (tertiary/aromatic N) is 5. The molecule has 1 saturated heterocycles. The number of imidazole rings is 1. The molecule has 0 N–H and O–H groups in total. The average molecular weight is 416 g/mol. The van der Waals surface area contributed by atoms with Gasteiger partial charge in [0, 0.05) is 38.9 Å². The smallest absolute Gasteiger partial charge is 0.274 e. The molecule has 1 aliphatic heterocycles. The maximum atomic E-state index is 13.1. The Morgan fingerprint density at radius 2 is 1.90 bits per heavy atom. The van der Waals surface area contributed by atoms with E-state index >= 15 is 0 Å². The van der Waals surface area contributed by atoms with Gasteiger partial charge in [-0.2, -0.15) is 5.26 Å². The number of fused-ring (bicyclic) bond motifs is 3. The summed E-state index contributed by atoms with van der Waals surface area (Å²) in [4.78, 5) is 22.8. The van der Waals surface area contributed by atoms with Crippen LogP contribution in [0.15, 0.2) is 54.7 Å². The maximum absolute atomic E-state index is 13.1. The summed E-state index contributed by atoms with van der Waals surface area (Å²) < 4.78 is 3.18. The molecular weight excluding hydrogens is 394 g/mol. The van der Waals surface area contributed by atoms with Gasteiger partial charge in [0.15, 0.2) is 4.96 Å². The second kappa shape index (κ2) is 7.90. The van der Waals surface area contributed by atoms with Gasteiger partial charge in [0.1, 0.15) is 5.69 Å². The fourth-order valence-electron chi connectivity index (χ4n) is 4.05. The lowest BCUT2D eigenvalue weighted by atomic mass is 10.1. The van der Waals surface area contributed by atoms with Crippen LogP contribution in [0.3, 0.4) is 0 Å². The first-order valence-electron chi connectivity index (χ1n) is 10.1. The Balaban J connectivity index is 1.30. The van der Waals surface area contributed by atoms with Crippen LogP contribution in [0.25, 0.3) is 15.2 Å². The van der Waals surface area contributed by atoms with Gasteiger partial charge in [0.2, 0.25) is 0 Å². The Hall–Kier alpha value is -3.21. The van der Waals surface area contributed by atoms with Crippen molar-refractivity contribution >= 4 is 32.4 Å². The number of benzene rings is 2. The van der Waals surface area contributed by atoms with Crippen LogP contribution in [0.5, 0.6) is 0 Å². The van der Waals surface area contributed by atoms with E-state index in [4.69, 9.17) is 0 Å². The summed E-state index contributed by atoms with van der Waals surface area (Å²) in [7, 11) is 0. The Morgan fingerprint density at radius 1 is 1.07 bits per heavy atom. The van der Waals surface area contributed by atoms with E-state index in [-0.39, 0.29) is 5.91 Å². The first-order valence-corrected chi connectivity index (χ1v) is 10.9. The first-order chi connectivity index (χ1) is 14.7. The molecule has 3 heterocycles. The molecule has 0 unspecified atom stereocenters. The monoisotopic (exact) mass is 415 g/mol. The molecule has 1 amide bonds. The summed E-state index contributed by atoms with van der Waals surface area (Å²) in [5.74, 6) is -0.00532. The molecule has 2 aromatic heterocycles. The van der Waals surface area contributed by atoms with Crippen LogP contribution < -0.4 is 0 Å². The predicted octanol–water partition coefficient (Wildman–Crippen LogP) is 3.77. The SMILES string of the molecule is N#Cc1ccccc1CN1CCCN(C(=O)c2cn3c(n2)sc2ccccc23)CC1. The second-order valence-corrected chi connectivity index (χ2v) is 8.55. The second-order valence-electron chi connectivity index (χ2n) is 7.54. The summed E-state index contributed by atoms with van der Waals surface area (Å²) in [5.41, 5.74) is 3.36. The molecule has 30 heavy (non-hydrogen) atoms. The molecule has 2 aromatic carbocycles. The summed E-state index contributed by atoms with van der Waals surface area (Å²) in [5, 5.41) is 9.32. The van der Waals surface area contributed by atoms with Gasteiger partial charge in [-0.05, 0) is 30.2 Å². The zero-order valence-corrected chi connectivity index (χ0v) is 17.3. The number of aromatic nitrogens is 2. The van der Waals surface area contributed by atoms with Crippen molar-refractivity contribution in [3.63, 3.8) is 0 Å². The van der Waals surface area contributed by atoms with E-state index in [9.17, 15) is 10.1 Å². The van der Waals surface area contributed by atoms with Crippen molar-refractivity contribution in [2.24, 2.45) is 0 Å². The highest BCUT2D eigenvalue weighted by Crippen LogP contribution is 2.26. The van der Waals surface area contributed by atoms with E-state index in [2.05, 4.69) is 28.1 Å². The van der Waals surface area contributed by atoms with Crippen molar-refractivity contribution < 1.29 is 4.79 Å². The number of carbonyl (C=O) groups excluding carboxylic acids is 1. The van der Waals surface area contributed by atoms with Gasteiger partial charge in [0.25, 0.3) is 5.91 Å². The molecule has 0 spiro atoms. The Kier molecular flexibility index (Phi) is 4.95. The first kappa shape index (κ1) is 18.8. The van der Waals surface area contributed by atoms with E-state index < -0.39 is 0 Å². The van der Waals surface area contributed by atoms with Gasteiger partial charge >= 0.3 is 0 Å². The maximum Gasteiger partial charge on any atom is 0.274 e. The normalized spacial score (nSPS) is 15.4. The van der Waals surface area contributed by atoms with Crippen molar-refractivity contribution in [1.82, 2.24) is 19.2 Å². The summed E-state index contributed by atoms with van der Waals surface area (Å²) in [6.45, 7) is 3.82. The molecular formula is C23H21N5OS. The Labute approximate surface area is 178 Å². The van der Waals surface area contributed by atoms with Crippen molar-refractivity contribution in [2.75, 3.05) is 26.2 Å². The lowest BCUT2D eigenvalue weighted by Crippen LogP contribution is -2.35. The number of thiazole rings is 1. The molecule has 1 aliphatic rings. The molecule has 0 saturated carbocycles. The predicted molar refractivity (Wildman–Crippen MR) is 118 cm³/mol. The number of rotatable bonds is 3. The number of para-hydroxylation sites is 1. The molecule has 0 atom stereocenters. The largest absolute Gasteiger partial charge is 0.336 e. The molecule has 0 aliphatic carbocycles. The van der Waals surface area contributed by atoms with Gasteiger partial charge in [0.05, 0.1) is 21.8 Å². The van der Waals surface area contributed by atoms with Crippen LogP contribution in [0.2, 0.25) is 0 Å². The van der Waals surface area contributed by atoms with Crippen molar-refractivity contribution in [2.45, 2.75) is 13.0 Å². The average Bonchev–Trinajstić information content (AvgIpc) is 3.24. The van der Waals surface area contributed by atoms with Gasteiger partial charge in [-0.25, -0.2) is 4.98 Å². The quantitative estimate of drug-likeness (QED) is 0.511. The lowest BCUT2D eigenvalue weighted by Gasteiger charge is -2.21. The summed E-state index contributed by atoms with van der Waals surface area (Å²) in [6.07, 6.45) is 2.77. The van der Waals surface area contributed by atoms with Crippen LogP contribution in [0, 0.1) is 11.3 Å². The molecule has 0 bridgehead atoms. The summed E-state index contributed by atoms with van der Waals surface area (Å²) >= 11 is 1.60. The van der Waals surface area contributed by atoms with Crippen LogP contribution in [0.1, 0.15) is 28.0 Å². The number of carbonyl (C=O) groups is 1. The highest BCUT2D eigenvalue weighted by atomic mass is 32.1. The standard InChI is InChI=1S/C23H21N5OS/c24-14-17-6-1-2-7-18(17)15-26-10-5-11-27(13-12-26)22(29)19-16-28-20-8-3-4-9-21(20)30-23(28)25-19/h1-4,6-9,16H,5,10-13,15H2. The van der Waals surface area contributed by atoms with E-state index in [1.54, 1.807) is 11.3 Å². The zero-order valence-electron chi connectivity index (χ0n) is 16.5. The third kappa shape index (κ3) is 3.45.